The minimum absolute atomic E-state index is 0.382. The molecule has 0 saturated heterocycles. The van der Waals surface area contributed by atoms with Crippen LogP contribution in [0.2, 0.25) is 0 Å². The van der Waals surface area contributed by atoms with E-state index in [2.05, 4.69) is 25.3 Å². The molecule has 0 unspecified atom stereocenters. The van der Waals surface area contributed by atoms with Crippen LogP contribution in [0.4, 0.5) is 5.82 Å². The largest absolute Gasteiger partial charge is 0.340 e. The first-order chi connectivity index (χ1) is 5.92. The van der Waals surface area contributed by atoms with Gasteiger partial charge in [0.15, 0.2) is 11.5 Å². The van der Waals surface area contributed by atoms with E-state index in [4.69, 9.17) is 0 Å². The van der Waals surface area contributed by atoms with Crippen molar-refractivity contribution in [1.29, 1.82) is 0 Å². The van der Waals surface area contributed by atoms with E-state index in [0.717, 1.165) is 0 Å². The summed E-state index contributed by atoms with van der Waals surface area (Å²) in [5.74, 6) is 0.382. The lowest BCUT2D eigenvalue weighted by Gasteiger charge is -1.94. The van der Waals surface area contributed by atoms with Crippen molar-refractivity contribution < 1.29 is 4.79 Å². The molecule has 0 aromatic carbocycles. The smallest absolute Gasteiger partial charge is 0.315 e. The predicted molar refractivity (Wildman–Crippen MR) is 41.0 cm³/mol. The summed E-state index contributed by atoms with van der Waals surface area (Å²) >= 11 is 0. The van der Waals surface area contributed by atoms with Crippen LogP contribution in [0.15, 0.2) is 12.7 Å². The summed E-state index contributed by atoms with van der Waals surface area (Å²) in [5, 5.41) is 2.31. The molecular weight excluding hydrogens is 158 g/mol. The molecule has 0 aliphatic rings. The molecule has 59 valence electrons. The van der Waals surface area contributed by atoms with Crippen LogP contribution < -0.4 is 5.32 Å². The molecule has 2 rings (SSSR count). The summed E-state index contributed by atoms with van der Waals surface area (Å²) in [6, 6.07) is 0. The van der Waals surface area contributed by atoms with Gasteiger partial charge in [0.25, 0.3) is 0 Å². The van der Waals surface area contributed by atoms with E-state index in [-0.39, 0.29) is 0 Å². The monoisotopic (exact) mass is 162 g/mol. The summed E-state index contributed by atoms with van der Waals surface area (Å²) in [4.78, 5) is 24.4. The van der Waals surface area contributed by atoms with Crippen molar-refractivity contribution in [2.24, 2.45) is 0 Å². The minimum atomic E-state index is 0.382. The fourth-order valence-corrected chi connectivity index (χ4v) is 0.908. The van der Waals surface area contributed by atoms with Crippen LogP contribution in [0.1, 0.15) is 0 Å². The lowest BCUT2D eigenvalue weighted by molar-refractivity contribution is 0.561. The molecule has 6 nitrogen and oxygen atoms in total. The number of hydrogen-bond donors (Lipinski definition) is 2. The number of imidazole rings is 1. The fourth-order valence-electron chi connectivity index (χ4n) is 0.908. The molecule has 0 aliphatic carbocycles. The Balaban J connectivity index is 2.65. The first kappa shape index (κ1) is 6.71. The lowest BCUT2D eigenvalue weighted by atomic mass is 10.5. The summed E-state index contributed by atoms with van der Waals surface area (Å²) in [6.45, 7) is 0. The average Bonchev–Trinajstić information content (AvgIpc) is 2.53. The van der Waals surface area contributed by atoms with Gasteiger partial charge in [-0.25, -0.2) is 15.0 Å². The summed E-state index contributed by atoms with van der Waals surface area (Å²) in [7, 11) is 0. The van der Waals surface area contributed by atoms with Crippen LogP contribution >= 0.6 is 0 Å². The molecule has 0 spiro atoms. The van der Waals surface area contributed by atoms with Crippen LogP contribution in [-0.4, -0.2) is 26.3 Å². The molecule has 0 saturated carbocycles. The third kappa shape index (κ3) is 0.895. The highest BCUT2D eigenvalue weighted by Crippen LogP contribution is 2.12. The van der Waals surface area contributed by atoms with Gasteiger partial charge in [-0.3, -0.25) is 4.79 Å². The number of aromatic amines is 1. The van der Waals surface area contributed by atoms with Crippen LogP contribution in [0.5, 0.6) is 0 Å². The van der Waals surface area contributed by atoms with Crippen LogP contribution in [-0.2, 0) is 4.79 Å². The van der Waals surface area contributed by atoms with Crippen LogP contribution in [0.3, 0.4) is 0 Å². The van der Waals surface area contributed by atoms with Gasteiger partial charge in [-0.2, -0.15) is 0 Å². The fraction of sp³-hybridized carbons (Fsp3) is 0. The van der Waals surface area contributed by atoms with Crippen molar-refractivity contribution in [2.75, 3.05) is 5.32 Å². The van der Waals surface area contributed by atoms with Crippen molar-refractivity contribution in [1.82, 2.24) is 19.9 Å². The van der Waals surface area contributed by atoms with E-state index in [0.29, 0.717) is 17.0 Å². The summed E-state index contributed by atoms with van der Waals surface area (Å²) in [5.41, 5.74) is 1.11. The van der Waals surface area contributed by atoms with Gasteiger partial charge in [-0.05, 0) is 0 Å². The average molecular weight is 162 g/mol. The van der Waals surface area contributed by atoms with E-state index in [1.165, 1.54) is 19.1 Å². The van der Waals surface area contributed by atoms with E-state index in [1.54, 1.807) is 0 Å². The Labute approximate surface area is 67.1 Å². The van der Waals surface area contributed by atoms with Gasteiger partial charge in [0.2, 0.25) is 0 Å². The van der Waals surface area contributed by atoms with E-state index in [9.17, 15) is 4.79 Å². The van der Waals surface area contributed by atoms with Gasteiger partial charge in [0.1, 0.15) is 11.8 Å². The quantitative estimate of drug-likeness (QED) is 0.600. The molecule has 1 radical (unpaired) electrons. The van der Waals surface area contributed by atoms with Gasteiger partial charge in [-0.1, -0.05) is 0 Å². The molecule has 6 heteroatoms. The van der Waals surface area contributed by atoms with Crippen LogP contribution in [0, 0.1) is 0 Å². The Bertz CT molecular complexity index is 409. The van der Waals surface area contributed by atoms with E-state index < -0.39 is 0 Å². The predicted octanol–water partition coefficient (Wildman–Crippen LogP) is -0.168. The summed E-state index contributed by atoms with van der Waals surface area (Å²) < 4.78 is 0. The first-order valence-electron chi connectivity index (χ1n) is 3.19. The Morgan fingerprint density at radius 2 is 2.33 bits per heavy atom. The molecule has 2 heterocycles. The minimum Gasteiger partial charge on any atom is -0.340 e. The second kappa shape index (κ2) is 2.57. The standard InChI is InChI=1S/C6H4N5O/c12-3-11-6-4-5(8-1-7-4)9-2-10-6/h1-2H,(H2,7,8,9,10,11,12). The zero-order valence-electron chi connectivity index (χ0n) is 5.90. The molecule has 0 fully saturated rings. The maximum absolute atomic E-state index is 10.0. The Hall–Kier alpha value is -1.98. The number of hydrogen-bond acceptors (Lipinski definition) is 4. The normalized spacial score (nSPS) is 10.0. The number of carbonyl (C=O) groups excluding carboxylic acids is 1. The topological polar surface area (TPSA) is 83.6 Å². The maximum atomic E-state index is 10.0. The summed E-state index contributed by atoms with van der Waals surface area (Å²) in [6.07, 6.45) is 4.33. The zero-order chi connectivity index (χ0) is 8.39. The van der Waals surface area contributed by atoms with E-state index in [1.807, 2.05) is 0 Å². The van der Waals surface area contributed by atoms with Crippen molar-refractivity contribution in [3.05, 3.63) is 12.7 Å². The Morgan fingerprint density at radius 3 is 3.17 bits per heavy atom. The number of H-pyrrole nitrogens is 1. The number of nitrogens with one attached hydrogen (secondary N) is 2. The number of anilines is 1. The molecule has 0 atom stereocenters. The number of nitrogens with zero attached hydrogens (tertiary/aromatic N) is 3. The molecule has 0 aliphatic heterocycles. The first-order valence-corrected chi connectivity index (χ1v) is 3.19. The van der Waals surface area contributed by atoms with Crippen molar-refractivity contribution >= 4 is 23.4 Å². The molecule has 0 bridgehead atoms. The second-order valence-electron chi connectivity index (χ2n) is 2.05. The molecular formula is C6H4N5O. The Morgan fingerprint density at radius 1 is 1.42 bits per heavy atom. The van der Waals surface area contributed by atoms with Gasteiger partial charge in [0.05, 0.1) is 6.33 Å². The molecule has 12 heavy (non-hydrogen) atoms. The van der Waals surface area contributed by atoms with E-state index >= 15 is 0 Å². The number of aromatic nitrogens is 4. The van der Waals surface area contributed by atoms with Gasteiger partial charge < -0.3 is 10.3 Å². The number of fused-ring (bicyclic) bond motifs is 1. The van der Waals surface area contributed by atoms with Crippen molar-refractivity contribution in [3.8, 4) is 0 Å². The molecule has 1 amide bonds. The van der Waals surface area contributed by atoms with Gasteiger partial charge >= 0.3 is 6.41 Å². The van der Waals surface area contributed by atoms with Crippen molar-refractivity contribution in [2.45, 2.75) is 0 Å². The second-order valence-corrected chi connectivity index (χ2v) is 2.05. The highest BCUT2D eigenvalue weighted by Gasteiger charge is 2.03. The highest BCUT2D eigenvalue weighted by molar-refractivity contribution is 5.87. The molecule has 2 N–H and O–H groups in total. The third-order valence-electron chi connectivity index (χ3n) is 1.39. The third-order valence-corrected chi connectivity index (χ3v) is 1.39. The molecule has 2 aromatic heterocycles. The zero-order valence-corrected chi connectivity index (χ0v) is 5.90. The SMILES string of the molecule is O=[C]Nc1ncnc2nc[nH]c12. The molecule has 2 aromatic rings. The van der Waals surface area contributed by atoms with Crippen LogP contribution in [0.25, 0.3) is 11.2 Å². The highest BCUT2D eigenvalue weighted by atomic mass is 16.1. The van der Waals surface area contributed by atoms with Crippen molar-refractivity contribution in [3.63, 3.8) is 0 Å². The number of rotatable bonds is 2. The Kier molecular flexibility index (Phi) is 1.44. The lowest BCUT2D eigenvalue weighted by Crippen LogP contribution is -1.98. The van der Waals surface area contributed by atoms with Gasteiger partial charge in [0, 0.05) is 0 Å². The maximum Gasteiger partial charge on any atom is 0.315 e. The van der Waals surface area contributed by atoms with Gasteiger partial charge in [-0.15, -0.1) is 0 Å². The number of amides is 1.